The van der Waals surface area contributed by atoms with Gasteiger partial charge in [-0.3, -0.25) is 14.5 Å². The van der Waals surface area contributed by atoms with Gasteiger partial charge in [-0.1, -0.05) is 17.7 Å². The van der Waals surface area contributed by atoms with Gasteiger partial charge in [-0.05, 0) is 19.1 Å². The zero-order valence-electron chi connectivity index (χ0n) is 11.8. The maximum Gasteiger partial charge on any atom is 0.321 e. The lowest BCUT2D eigenvalue weighted by Gasteiger charge is -2.22. The van der Waals surface area contributed by atoms with Crippen LogP contribution in [0, 0.1) is 6.92 Å². The molecule has 0 aromatic heterocycles. The molecule has 0 aliphatic rings. The second-order valence-corrected chi connectivity index (χ2v) is 4.58. The molecular formula is C14H19N3O4. The van der Waals surface area contributed by atoms with Crippen molar-refractivity contribution in [1.29, 1.82) is 0 Å². The molecule has 1 rings (SSSR count). The van der Waals surface area contributed by atoms with Crippen LogP contribution in [0.2, 0.25) is 0 Å². The van der Waals surface area contributed by atoms with Crippen LogP contribution in [0.3, 0.4) is 0 Å². The third-order valence-electron chi connectivity index (χ3n) is 2.79. The Morgan fingerprint density at radius 2 is 1.81 bits per heavy atom. The Labute approximate surface area is 122 Å². The van der Waals surface area contributed by atoms with Crippen molar-refractivity contribution in [2.45, 2.75) is 19.8 Å². The van der Waals surface area contributed by atoms with E-state index in [-0.39, 0.29) is 25.9 Å². The molecule has 0 atom stereocenters. The fraction of sp³-hybridized carbons (Fsp3) is 0.357. The number of carboxylic acids is 1. The van der Waals surface area contributed by atoms with Gasteiger partial charge in [0.05, 0.1) is 6.42 Å². The van der Waals surface area contributed by atoms with Crippen molar-refractivity contribution in [3.8, 4) is 0 Å². The molecule has 0 bridgehead atoms. The minimum atomic E-state index is -0.989. The topological polar surface area (TPSA) is 113 Å². The SMILES string of the molecule is Cc1ccc(N(CCC(=O)O)C(=O)NCCC(N)=O)cc1. The molecule has 21 heavy (non-hydrogen) atoms. The summed E-state index contributed by atoms with van der Waals surface area (Å²) >= 11 is 0. The highest BCUT2D eigenvalue weighted by atomic mass is 16.4. The Morgan fingerprint density at radius 3 is 2.33 bits per heavy atom. The van der Waals surface area contributed by atoms with E-state index in [1.807, 2.05) is 19.1 Å². The molecule has 114 valence electrons. The van der Waals surface area contributed by atoms with Crippen LogP contribution in [0.25, 0.3) is 0 Å². The number of rotatable bonds is 7. The first-order chi connectivity index (χ1) is 9.90. The van der Waals surface area contributed by atoms with Crippen LogP contribution in [0.4, 0.5) is 10.5 Å². The van der Waals surface area contributed by atoms with Crippen LogP contribution in [-0.4, -0.2) is 36.1 Å². The average Bonchev–Trinajstić information content (AvgIpc) is 2.40. The quantitative estimate of drug-likeness (QED) is 0.692. The number of amides is 3. The van der Waals surface area contributed by atoms with Gasteiger partial charge in [0.1, 0.15) is 0 Å². The summed E-state index contributed by atoms with van der Waals surface area (Å²) in [5, 5.41) is 11.3. The Bertz CT molecular complexity index is 513. The second-order valence-electron chi connectivity index (χ2n) is 4.58. The number of carboxylic acid groups (broad SMARTS) is 1. The van der Waals surface area contributed by atoms with E-state index in [1.54, 1.807) is 12.1 Å². The predicted molar refractivity (Wildman–Crippen MR) is 78.0 cm³/mol. The molecule has 0 saturated carbocycles. The molecule has 0 fully saturated rings. The van der Waals surface area contributed by atoms with E-state index in [0.717, 1.165) is 5.56 Å². The number of nitrogens with zero attached hydrogens (tertiary/aromatic N) is 1. The average molecular weight is 293 g/mol. The van der Waals surface area contributed by atoms with Crippen molar-refractivity contribution in [3.05, 3.63) is 29.8 Å². The van der Waals surface area contributed by atoms with Gasteiger partial charge < -0.3 is 16.2 Å². The van der Waals surface area contributed by atoms with Crippen LogP contribution in [0.15, 0.2) is 24.3 Å². The molecule has 7 nitrogen and oxygen atoms in total. The van der Waals surface area contributed by atoms with Crippen molar-refractivity contribution < 1.29 is 19.5 Å². The minimum Gasteiger partial charge on any atom is -0.481 e. The molecule has 0 aliphatic heterocycles. The predicted octanol–water partition coefficient (Wildman–Crippen LogP) is 0.861. The monoisotopic (exact) mass is 293 g/mol. The van der Waals surface area contributed by atoms with E-state index in [0.29, 0.717) is 5.69 Å². The Morgan fingerprint density at radius 1 is 1.19 bits per heavy atom. The van der Waals surface area contributed by atoms with Gasteiger partial charge in [-0.25, -0.2) is 4.79 Å². The molecule has 0 unspecified atom stereocenters. The van der Waals surface area contributed by atoms with Crippen molar-refractivity contribution >= 4 is 23.6 Å². The zero-order chi connectivity index (χ0) is 15.8. The Hall–Kier alpha value is -2.57. The fourth-order valence-electron chi connectivity index (χ4n) is 1.67. The Kier molecular flexibility index (Phi) is 6.19. The van der Waals surface area contributed by atoms with Gasteiger partial charge >= 0.3 is 12.0 Å². The molecule has 0 spiro atoms. The summed E-state index contributed by atoms with van der Waals surface area (Å²) in [5.41, 5.74) is 6.63. The summed E-state index contributed by atoms with van der Waals surface area (Å²) in [6, 6.07) is 6.69. The number of primary amides is 1. The van der Waals surface area contributed by atoms with Gasteiger partial charge in [0.15, 0.2) is 0 Å². The van der Waals surface area contributed by atoms with Crippen LogP contribution in [-0.2, 0) is 9.59 Å². The highest BCUT2D eigenvalue weighted by molar-refractivity contribution is 5.92. The van der Waals surface area contributed by atoms with Crippen molar-refractivity contribution in [2.75, 3.05) is 18.0 Å². The van der Waals surface area contributed by atoms with Gasteiger partial charge in [0, 0.05) is 25.2 Å². The first-order valence-electron chi connectivity index (χ1n) is 6.52. The molecule has 0 saturated heterocycles. The molecule has 1 aromatic rings. The van der Waals surface area contributed by atoms with E-state index in [4.69, 9.17) is 10.8 Å². The summed E-state index contributed by atoms with van der Waals surface area (Å²) in [4.78, 5) is 34.8. The van der Waals surface area contributed by atoms with Crippen molar-refractivity contribution in [2.24, 2.45) is 5.73 Å². The van der Waals surface area contributed by atoms with Gasteiger partial charge in [0.25, 0.3) is 0 Å². The summed E-state index contributed by atoms with van der Waals surface area (Å²) in [6.45, 7) is 2.07. The number of hydrogen-bond donors (Lipinski definition) is 3. The molecule has 0 aliphatic carbocycles. The smallest absolute Gasteiger partial charge is 0.321 e. The van der Waals surface area contributed by atoms with Crippen molar-refractivity contribution in [3.63, 3.8) is 0 Å². The second kappa shape index (κ2) is 7.88. The first kappa shape index (κ1) is 16.5. The number of nitrogens with one attached hydrogen (secondary N) is 1. The number of urea groups is 1. The number of aliphatic carboxylic acids is 1. The van der Waals surface area contributed by atoms with E-state index in [9.17, 15) is 14.4 Å². The normalized spacial score (nSPS) is 9.95. The van der Waals surface area contributed by atoms with Gasteiger partial charge in [0.2, 0.25) is 5.91 Å². The maximum absolute atomic E-state index is 12.1. The largest absolute Gasteiger partial charge is 0.481 e. The first-order valence-corrected chi connectivity index (χ1v) is 6.52. The molecule has 0 heterocycles. The summed E-state index contributed by atoms with van der Waals surface area (Å²) in [7, 11) is 0. The van der Waals surface area contributed by atoms with Crippen LogP contribution in [0.5, 0.6) is 0 Å². The molecule has 3 amide bonds. The third-order valence-corrected chi connectivity index (χ3v) is 2.79. The third kappa shape index (κ3) is 5.94. The number of nitrogens with two attached hydrogens (primary N) is 1. The number of anilines is 1. The number of carbonyl (C=O) groups is 3. The van der Waals surface area contributed by atoms with E-state index >= 15 is 0 Å². The highest BCUT2D eigenvalue weighted by Crippen LogP contribution is 2.15. The molecule has 7 heteroatoms. The molecule has 0 radical (unpaired) electrons. The van der Waals surface area contributed by atoms with E-state index in [1.165, 1.54) is 4.90 Å². The Balaban J connectivity index is 2.75. The van der Waals surface area contributed by atoms with Gasteiger partial charge in [-0.15, -0.1) is 0 Å². The minimum absolute atomic E-state index is 0.0341. The van der Waals surface area contributed by atoms with Crippen LogP contribution >= 0.6 is 0 Å². The molecular weight excluding hydrogens is 274 g/mol. The van der Waals surface area contributed by atoms with Gasteiger partial charge in [-0.2, -0.15) is 0 Å². The molecule has 1 aromatic carbocycles. The number of benzene rings is 1. The van der Waals surface area contributed by atoms with Crippen molar-refractivity contribution in [1.82, 2.24) is 5.32 Å². The lowest BCUT2D eigenvalue weighted by molar-refractivity contribution is -0.136. The lowest BCUT2D eigenvalue weighted by atomic mass is 10.2. The summed E-state index contributed by atoms with van der Waals surface area (Å²) < 4.78 is 0. The summed E-state index contributed by atoms with van der Waals surface area (Å²) in [5.74, 6) is -1.50. The standard InChI is InChI=1S/C14H19N3O4/c1-10-2-4-11(5-3-10)17(9-7-13(19)20)14(21)16-8-6-12(15)18/h2-5H,6-9H2,1H3,(H2,15,18)(H,16,21)(H,19,20). The van der Waals surface area contributed by atoms with E-state index < -0.39 is 17.9 Å². The zero-order valence-corrected chi connectivity index (χ0v) is 11.8. The van der Waals surface area contributed by atoms with Crippen LogP contribution in [0.1, 0.15) is 18.4 Å². The molecule has 4 N–H and O–H groups in total. The fourth-order valence-corrected chi connectivity index (χ4v) is 1.67. The van der Waals surface area contributed by atoms with E-state index in [2.05, 4.69) is 5.32 Å². The number of aryl methyl sites for hydroxylation is 1. The maximum atomic E-state index is 12.1. The highest BCUT2D eigenvalue weighted by Gasteiger charge is 2.16. The lowest BCUT2D eigenvalue weighted by Crippen LogP contribution is -2.42. The number of carbonyl (C=O) groups excluding carboxylic acids is 2. The summed E-state index contributed by atoms with van der Waals surface area (Å²) in [6.07, 6.45) is -0.135. The van der Waals surface area contributed by atoms with Crippen LogP contribution < -0.4 is 16.0 Å². The number of hydrogen-bond acceptors (Lipinski definition) is 3.